The number of H-pyrrole nitrogens is 2. The molecule has 0 unspecified atom stereocenters. The van der Waals surface area contributed by atoms with E-state index >= 15 is 0 Å². The van der Waals surface area contributed by atoms with Crippen molar-refractivity contribution in [3.63, 3.8) is 0 Å². The highest BCUT2D eigenvalue weighted by atomic mass is 16.1. The van der Waals surface area contributed by atoms with E-state index in [1.54, 1.807) is 12.4 Å². The first-order valence-electron chi connectivity index (χ1n) is 5.39. The molecule has 3 rings (SSSR count). The summed E-state index contributed by atoms with van der Waals surface area (Å²) in [6.07, 6.45) is 4.87. The Labute approximate surface area is 101 Å². The van der Waals surface area contributed by atoms with Crippen molar-refractivity contribution in [2.75, 3.05) is 5.32 Å². The predicted molar refractivity (Wildman–Crippen MR) is 66.1 cm³/mol. The molecule has 0 fully saturated rings. The van der Waals surface area contributed by atoms with Crippen LogP contribution in [-0.2, 0) is 6.54 Å². The molecule has 0 saturated carbocycles. The van der Waals surface area contributed by atoms with Crippen molar-refractivity contribution in [1.29, 1.82) is 0 Å². The average Bonchev–Trinajstić information content (AvgIpc) is 2.86. The van der Waals surface area contributed by atoms with Crippen LogP contribution in [0.25, 0.3) is 11.2 Å². The Bertz CT molecular complexity index is 717. The topological polar surface area (TPSA) is 99.3 Å². The summed E-state index contributed by atoms with van der Waals surface area (Å²) in [5, 5.41) is 3.04. The van der Waals surface area contributed by atoms with Gasteiger partial charge in [0.25, 0.3) is 5.56 Å². The first-order chi connectivity index (χ1) is 8.83. The Kier molecular flexibility index (Phi) is 2.49. The quantitative estimate of drug-likeness (QED) is 0.626. The van der Waals surface area contributed by atoms with Crippen LogP contribution >= 0.6 is 0 Å². The summed E-state index contributed by atoms with van der Waals surface area (Å²) in [6, 6.07) is 3.77. The molecule has 7 nitrogen and oxygen atoms in total. The van der Waals surface area contributed by atoms with Crippen LogP contribution in [0, 0.1) is 0 Å². The van der Waals surface area contributed by atoms with Gasteiger partial charge >= 0.3 is 0 Å². The summed E-state index contributed by atoms with van der Waals surface area (Å²) in [7, 11) is 0. The van der Waals surface area contributed by atoms with Crippen LogP contribution in [0.2, 0.25) is 0 Å². The summed E-state index contributed by atoms with van der Waals surface area (Å²) in [5.74, 6) is 0.399. The second kappa shape index (κ2) is 4.28. The standard InChI is InChI=1S/C11H10N6O/c18-10-8-9(15-6-14-8)16-11(17-10)13-5-7-1-3-12-4-2-7/h1-4,6H,5H2,(H3,13,14,15,16,17,18). The monoisotopic (exact) mass is 242 g/mol. The van der Waals surface area contributed by atoms with Crippen molar-refractivity contribution in [3.05, 3.63) is 46.8 Å². The molecular formula is C11H10N6O. The molecule has 0 amide bonds. The van der Waals surface area contributed by atoms with Crippen LogP contribution in [0.15, 0.2) is 35.6 Å². The van der Waals surface area contributed by atoms with E-state index in [4.69, 9.17) is 0 Å². The minimum atomic E-state index is -0.241. The molecule has 0 aliphatic rings. The maximum Gasteiger partial charge on any atom is 0.278 e. The van der Waals surface area contributed by atoms with Gasteiger partial charge in [0.05, 0.1) is 6.33 Å². The summed E-state index contributed by atoms with van der Waals surface area (Å²) in [5.41, 5.74) is 1.59. The number of fused-ring (bicyclic) bond motifs is 1. The van der Waals surface area contributed by atoms with E-state index in [0.29, 0.717) is 23.7 Å². The molecule has 0 radical (unpaired) electrons. The highest BCUT2D eigenvalue weighted by molar-refractivity contribution is 5.69. The zero-order valence-electron chi connectivity index (χ0n) is 9.34. The lowest BCUT2D eigenvalue weighted by Crippen LogP contribution is -2.13. The van der Waals surface area contributed by atoms with E-state index < -0.39 is 0 Å². The zero-order valence-corrected chi connectivity index (χ0v) is 9.34. The number of hydrogen-bond donors (Lipinski definition) is 3. The lowest BCUT2D eigenvalue weighted by atomic mass is 10.3. The summed E-state index contributed by atoms with van der Waals surface area (Å²) in [4.78, 5) is 29.1. The molecule has 0 aliphatic heterocycles. The maximum absolute atomic E-state index is 11.7. The van der Waals surface area contributed by atoms with E-state index in [-0.39, 0.29) is 5.56 Å². The van der Waals surface area contributed by atoms with Gasteiger partial charge < -0.3 is 10.3 Å². The Morgan fingerprint density at radius 1 is 1.28 bits per heavy atom. The number of anilines is 1. The lowest BCUT2D eigenvalue weighted by molar-refractivity contribution is 1.04. The Hall–Kier alpha value is -2.70. The smallest absolute Gasteiger partial charge is 0.278 e. The number of rotatable bonds is 3. The molecule has 0 aromatic carbocycles. The second-order valence-electron chi connectivity index (χ2n) is 3.72. The number of aromatic amines is 2. The molecule has 18 heavy (non-hydrogen) atoms. The van der Waals surface area contributed by atoms with Gasteiger partial charge in [0.15, 0.2) is 11.2 Å². The van der Waals surface area contributed by atoms with Gasteiger partial charge in [-0.15, -0.1) is 0 Å². The molecule has 3 N–H and O–H groups in total. The third-order valence-electron chi connectivity index (χ3n) is 2.51. The van der Waals surface area contributed by atoms with Gasteiger partial charge in [-0.05, 0) is 17.7 Å². The number of nitrogens with zero attached hydrogens (tertiary/aromatic N) is 3. The normalized spacial score (nSPS) is 10.7. The number of nitrogens with one attached hydrogen (secondary N) is 3. The molecule has 0 atom stereocenters. The van der Waals surface area contributed by atoms with Gasteiger partial charge in [0, 0.05) is 18.9 Å². The van der Waals surface area contributed by atoms with Gasteiger partial charge in [-0.3, -0.25) is 14.8 Å². The minimum absolute atomic E-state index is 0.241. The fourth-order valence-electron chi connectivity index (χ4n) is 1.61. The van der Waals surface area contributed by atoms with Crippen LogP contribution in [0.5, 0.6) is 0 Å². The highest BCUT2D eigenvalue weighted by Gasteiger charge is 2.05. The third-order valence-corrected chi connectivity index (χ3v) is 2.51. The number of pyridine rings is 1. The van der Waals surface area contributed by atoms with Crippen molar-refractivity contribution < 1.29 is 0 Å². The van der Waals surface area contributed by atoms with Crippen molar-refractivity contribution in [3.8, 4) is 0 Å². The predicted octanol–water partition coefficient (Wildman–Crippen LogP) is 0.653. The third kappa shape index (κ3) is 1.93. The molecule has 0 saturated heterocycles. The van der Waals surface area contributed by atoms with Gasteiger partial charge in [-0.2, -0.15) is 4.98 Å². The average molecular weight is 242 g/mol. The number of hydrogen-bond acceptors (Lipinski definition) is 5. The van der Waals surface area contributed by atoms with Gasteiger partial charge in [-0.1, -0.05) is 0 Å². The molecule has 0 spiro atoms. The first-order valence-corrected chi connectivity index (χ1v) is 5.39. The Morgan fingerprint density at radius 2 is 2.11 bits per heavy atom. The molecule has 3 heterocycles. The highest BCUT2D eigenvalue weighted by Crippen LogP contribution is 2.05. The molecular weight excluding hydrogens is 232 g/mol. The van der Waals surface area contributed by atoms with Gasteiger partial charge in [0.2, 0.25) is 5.95 Å². The van der Waals surface area contributed by atoms with E-state index in [0.717, 1.165) is 5.56 Å². The zero-order chi connectivity index (χ0) is 12.4. The first kappa shape index (κ1) is 10.5. The fourth-order valence-corrected chi connectivity index (χ4v) is 1.61. The molecule has 90 valence electrons. The van der Waals surface area contributed by atoms with Gasteiger partial charge in [-0.25, -0.2) is 4.98 Å². The largest absolute Gasteiger partial charge is 0.352 e. The van der Waals surface area contributed by atoms with Gasteiger partial charge in [0.1, 0.15) is 0 Å². The van der Waals surface area contributed by atoms with Crippen molar-refractivity contribution >= 4 is 17.1 Å². The summed E-state index contributed by atoms with van der Waals surface area (Å²) >= 11 is 0. The Balaban J connectivity index is 1.85. The fraction of sp³-hybridized carbons (Fsp3) is 0.0909. The van der Waals surface area contributed by atoms with Crippen LogP contribution in [0.3, 0.4) is 0 Å². The van der Waals surface area contributed by atoms with Crippen LogP contribution in [-0.4, -0.2) is 24.9 Å². The Morgan fingerprint density at radius 3 is 2.94 bits per heavy atom. The molecule has 0 aliphatic carbocycles. The van der Waals surface area contributed by atoms with Crippen LogP contribution in [0.1, 0.15) is 5.56 Å². The van der Waals surface area contributed by atoms with Crippen molar-refractivity contribution in [2.45, 2.75) is 6.54 Å². The molecule has 0 bridgehead atoms. The molecule has 3 aromatic rings. The van der Waals surface area contributed by atoms with Crippen LogP contribution in [0.4, 0.5) is 5.95 Å². The second-order valence-corrected chi connectivity index (χ2v) is 3.72. The number of imidazole rings is 1. The van der Waals surface area contributed by atoms with Crippen molar-refractivity contribution in [1.82, 2.24) is 24.9 Å². The summed E-state index contributed by atoms with van der Waals surface area (Å²) in [6.45, 7) is 0.557. The lowest BCUT2D eigenvalue weighted by Gasteiger charge is -2.04. The summed E-state index contributed by atoms with van der Waals surface area (Å²) < 4.78 is 0. The van der Waals surface area contributed by atoms with E-state index in [1.807, 2.05) is 12.1 Å². The van der Waals surface area contributed by atoms with Crippen LogP contribution < -0.4 is 10.9 Å². The SMILES string of the molecule is O=c1[nH]c(NCc2ccncc2)nc2nc[nH]c12. The minimum Gasteiger partial charge on any atom is -0.352 e. The van der Waals surface area contributed by atoms with E-state index in [9.17, 15) is 4.79 Å². The number of aromatic nitrogens is 5. The maximum atomic E-state index is 11.7. The van der Waals surface area contributed by atoms with E-state index in [2.05, 4.69) is 30.2 Å². The molecule has 7 heteroatoms. The van der Waals surface area contributed by atoms with E-state index in [1.165, 1.54) is 6.33 Å². The molecule has 3 aromatic heterocycles. The van der Waals surface area contributed by atoms with Crippen molar-refractivity contribution in [2.24, 2.45) is 0 Å².